The molecule has 0 amide bonds. The van der Waals surface area contributed by atoms with Crippen LogP contribution in [0.4, 0.5) is 11.5 Å². The molecule has 0 spiro atoms. The number of nitrogens with zero attached hydrogens (tertiary/aromatic N) is 2. The van der Waals surface area contributed by atoms with E-state index in [-0.39, 0.29) is 11.7 Å². The third kappa shape index (κ3) is 3.96. The summed E-state index contributed by atoms with van der Waals surface area (Å²) < 4.78 is 5.12. The number of nitro groups is 1. The summed E-state index contributed by atoms with van der Waals surface area (Å²) in [5.41, 5.74) is 0.456. The second kappa shape index (κ2) is 6.90. The van der Waals surface area contributed by atoms with Crippen LogP contribution in [-0.2, 0) is 4.74 Å². The molecule has 0 fully saturated rings. The van der Waals surface area contributed by atoms with Crippen molar-refractivity contribution in [2.75, 3.05) is 19.0 Å². The maximum atomic E-state index is 10.7. The number of hydrogen-bond donors (Lipinski definition) is 1. The summed E-state index contributed by atoms with van der Waals surface area (Å²) in [4.78, 5) is 14.4. The monoisotopic (exact) mass is 253 g/mol. The first-order valence-corrected chi connectivity index (χ1v) is 5.96. The van der Waals surface area contributed by atoms with Gasteiger partial charge in [-0.25, -0.2) is 4.98 Å². The van der Waals surface area contributed by atoms with Gasteiger partial charge < -0.3 is 10.1 Å². The third-order valence-electron chi connectivity index (χ3n) is 2.61. The maximum absolute atomic E-state index is 10.7. The van der Waals surface area contributed by atoms with Gasteiger partial charge in [-0.3, -0.25) is 10.1 Å². The van der Waals surface area contributed by atoms with Gasteiger partial charge in [-0.05, 0) is 19.4 Å². The summed E-state index contributed by atoms with van der Waals surface area (Å²) in [6.45, 7) is 4.32. The van der Waals surface area contributed by atoms with Crippen LogP contribution >= 0.6 is 0 Å². The zero-order valence-electron chi connectivity index (χ0n) is 11.0. The molecular weight excluding hydrogens is 234 g/mol. The molecule has 1 rings (SSSR count). The zero-order chi connectivity index (χ0) is 13.5. The number of ether oxygens (including phenoxy) is 1. The van der Waals surface area contributed by atoms with Crippen LogP contribution in [0.25, 0.3) is 0 Å². The van der Waals surface area contributed by atoms with Gasteiger partial charge in [0, 0.05) is 13.2 Å². The van der Waals surface area contributed by atoms with Gasteiger partial charge in [0.05, 0.1) is 17.6 Å². The normalized spacial score (nSPS) is 12.2. The number of nitrogens with one attached hydrogen (secondary N) is 1. The van der Waals surface area contributed by atoms with Crippen LogP contribution < -0.4 is 5.32 Å². The van der Waals surface area contributed by atoms with Gasteiger partial charge in [-0.1, -0.05) is 13.3 Å². The van der Waals surface area contributed by atoms with Crippen LogP contribution in [0.3, 0.4) is 0 Å². The Hall–Kier alpha value is -1.69. The van der Waals surface area contributed by atoms with Crippen LogP contribution in [0.15, 0.2) is 12.1 Å². The number of methoxy groups -OCH3 is 1. The quantitative estimate of drug-likeness (QED) is 0.596. The van der Waals surface area contributed by atoms with E-state index in [0.717, 1.165) is 12.8 Å². The van der Waals surface area contributed by atoms with E-state index in [1.54, 1.807) is 20.1 Å². The van der Waals surface area contributed by atoms with Gasteiger partial charge in [-0.2, -0.15) is 0 Å². The molecule has 0 saturated heterocycles. The molecule has 1 aromatic heterocycles. The van der Waals surface area contributed by atoms with Gasteiger partial charge in [-0.15, -0.1) is 0 Å². The standard InChI is InChI=1S/C12H19N3O3/c1-4-5-10(8-18-3)14-12-7-6-11(15(16)17)9(2)13-12/h6-7,10H,4-5,8H2,1-3H3,(H,13,14). The smallest absolute Gasteiger partial charge is 0.290 e. The molecule has 18 heavy (non-hydrogen) atoms. The van der Waals surface area contributed by atoms with Gasteiger partial charge >= 0.3 is 0 Å². The number of aromatic nitrogens is 1. The second-order valence-electron chi connectivity index (χ2n) is 4.14. The number of rotatable bonds is 7. The van der Waals surface area contributed by atoms with Crippen molar-refractivity contribution in [2.24, 2.45) is 0 Å². The SMILES string of the molecule is CCCC(COC)Nc1ccc([N+](=O)[O-])c(C)n1. The van der Waals surface area contributed by atoms with Crippen LogP contribution in [0.1, 0.15) is 25.5 Å². The number of pyridine rings is 1. The lowest BCUT2D eigenvalue weighted by Crippen LogP contribution is -2.25. The van der Waals surface area contributed by atoms with Crippen LogP contribution in [-0.4, -0.2) is 29.7 Å². The second-order valence-corrected chi connectivity index (χ2v) is 4.14. The Balaban J connectivity index is 2.77. The predicted molar refractivity (Wildman–Crippen MR) is 69.8 cm³/mol. The fraction of sp³-hybridized carbons (Fsp3) is 0.583. The number of hydrogen-bond acceptors (Lipinski definition) is 5. The van der Waals surface area contributed by atoms with E-state index in [1.807, 2.05) is 0 Å². The predicted octanol–water partition coefficient (Wildman–Crippen LogP) is 2.53. The highest BCUT2D eigenvalue weighted by Crippen LogP contribution is 2.18. The maximum Gasteiger partial charge on any atom is 0.290 e. The Morgan fingerprint density at radius 2 is 2.28 bits per heavy atom. The van der Waals surface area contributed by atoms with E-state index < -0.39 is 4.92 Å². The minimum absolute atomic E-state index is 0.0410. The van der Waals surface area contributed by atoms with Crippen LogP contribution in [0.5, 0.6) is 0 Å². The summed E-state index contributed by atoms with van der Waals surface area (Å²) in [6, 6.07) is 3.28. The van der Waals surface area contributed by atoms with E-state index in [9.17, 15) is 10.1 Å². The van der Waals surface area contributed by atoms with Crippen molar-refractivity contribution in [1.82, 2.24) is 4.98 Å². The molecule has 6 heteroatoms. The first kappa shape index (κ1) is 14.4. The molecule has 1 N–H and O–H groups in total. The lowest BCUT2D eigenvalue weighted by Gasteiger charge is -2.17. The Morgan fingerprint density at radius 3 is 2.78 bits per heavy atom. The first-order chi connectivity index (χ1) is 8.58. The fourth-order valence-corrected chi connectivity index (χ4v) is 1.78. The first-order valence-electron chi connectivity index (χ1n) is 5.96. The van der Waals surface area contributed by atoms with Gasteiger partial charge in [0.15, 0.2) is 0 Å². The van der Waals surface area contributed by atoms with E-state index in [4.69, 9.17) is 4.74 Å². The molecule has 1 atom stereocenters. The van der Waals surface area contributed by atoms with E-state index in [0.29, 0.717) is 18.1 Å². The highest BCUT2D eigenvalue weighted by Gasteiger charge is 2.13. The topological polar surface area (TPSA) is 77.3 Å². The Bertz CT molecular complexity index is 404. The van der Waals surface area contributed by atoms with Crippen molar-refractivity contribution < 1.29 is 9.66 Å². The zero-order valence-corrected chi connectivity index (χ0v) is 11.0. The van der Waals surface area contributed by atoms with Crippen molar-refractivity contribution in [3.63, 3.8) is 0 Å². The average molecular weight is 253 g/mol. The summed E-state index contributed by atoms with van der Waals surface area (Å²) in [5, 5.41) is 13.9. The molecule has 1 aromatic rings. The van der Waals surface area contributed by atoms with Gasteiger partial charge in [0.1, 0.15) is 11.5 Å². The summed E-state index contributed by atoms with van der Waals surface area (Å²) in [7, 11) is 1.65. The molecule has 0 radical (unpaired) electrons. The minimum Gasteiger partial charge on any atom is -0.383 e. The van der Waals surface area contributed by atoms with Crippen molar-refractivity contribution in [3.05, 3.63) is 27.9 Å². The molecule has 0 aliphatic carbocycles. The average Bonchev–Trinajstić information content (AvgIpc) is 2.29. The Labute approximate surface area is 107 Å². The van der Waals surface area contributed by atoms with E-state index >= 15 is 0 Å². The lowest BCUT2D eigenvalue weighted by molar-refractivity contribution is -0.385. The molecule has 0 aliphatic heterocycles. The summed E-state index contributed by atoms with van der Waals surface area (Å²) in [6.07, 6.45) is 2.00. The molecule has 6 nitrogen and oxygen atoms in total. The van der Waals surface area contributed by atoms with Crippen molar-refractivity contribution in [2.45, 2.75) is 32.7 Å². The van der Waals surface area contributed by atoms with Crippen molar-refractivity contribution >= 4 is 11.5 Å². The molecule has 100 valence electrons. The Kier molecular flexibility index (Phi) is 5.51. The van der Waals surface area contributed by atoms with E-state index in [2.05, 4.69) is 17.2 Å². The molecule has 0 saturated carbocycles. The summed E-state index contributed by atoms with van der Waals surface area (Å²) in [5.74, 6) is 0.647. The molecule has 0 aromatic carbocycles. The van der Waals surface area contributed by atoms with Crippen LogP contribution in [0.2, 0.25) is 0 Å². The highest BCUT2D eigenvalue weighted by molar-refractivity contribution is 5.45. The summed E-state index contributed by atoms with van der Waals surface area (Å²) >= 11 is 0. The third-order valence-corrected chi connectivity index (χ3v) is 2.61. The van der Waals surface area contributed by atoms with Gasteiger partial charge in [0.25, 0.3) is 5.69 Å². The van der Waals surface area contributed by atoms with Crippen LogP contribution in [0, 0.1) is 17.0 Å². The number of aryl methyl sites for hydroxylation is 1. The van der Waals surface area contributed by atoms with Crippen molar-refractivity contribution in [3.8, 4) is 0 Å². The molecular formula is C12H19N3O3. The lowest BCUT2D eigenvalue weighted by atomic mass is 10.2. The molecule has 1 heterocycles. The molecule has 0 aliphatic rings. The molecule has 1 unspecified atom stereocenters. The van der Waals surface area contributed by atoms with E-state index in [1.165, 1.54) is 6.07 Å². The van der Waals surface area contributed by atoms with Crippen molar-refractivity contribution in [1.29, 1.82) is 0 Å². The largest absolute Gasteiger partial charge is 0.383 e. The molecule has 0 bridgehead atoms. The van der Waals surface area contributed by atoms with Gasteiger partial charge in [0.2, 0.25) is 0 Å². The minimum atomic E-state index is -0.426. The fourth-order valence-electron chi connectivity index (χ4n) is 1.78. The highest BCUT2D eigenvalue weighted by atomic mass is 16.6. The Morgan fingerprint density at radius 1 is 1.56 bits per heavy atom. The number of anilines is 1.